The maximum atomic E-state index is 5.74. The molecule has 1 unspecified atom stereocenters. The lowest BCUT2D eigenvalue weighted by molar-refractivity contribution is 0.212. The molecule has 0 bridgehead atoms. The van der Waals surface area contributed by atoms with Crippen LogP contribution in [0.3, 0.4) is 0 Å². The second-order valence-electron chi connectivity index (χ2n) is 4.32. The highest BCUT2D eigenvalue weighted by molar-refractivity contribution is 5.98. The van der Waals surface area contributed by atoms with Crippen LogP contribution in [0.4, 0.5) is 0 Å². The quantitative estimate of drug-likeness (QED) is 0.661. The van der Waals surface area contributed by atoms with Crippen molar-refractivity contribution in [2.75, 3.05) is 0 Å². The molecule has 0 heterocycles. The third-order valence-corrected chi connectivity index (χ3v) is 3.61. The summed E-state index contributed by atoms with van der Waals surface area (Å²) in [5.41, 5.74) is 2.91. The van der Waals surface area contributed by atoms with E-state index in [4.69, 9.17) is 4.43 Å². The van der Waals surface area contributed by atoms with Gasteiger partial charge in [0.1, 0.15) is 10.5 Å². The highest BCUT2D eigenvalue weighted by atomic mass is 28.2. The Hall–Kier alpha value is -0.603. The minimum absolute atomic E-state index is 0.338. The summed E-state index contributed by atoms with van der Waals surface area (Å²) in [6.45, 7) is 4.47. The van der Waals surface area contributed by atoms with E-state index in [1.807, 2.05) is 0 Å². The Balaban J connectivity index is 2.82. The summed E-state index contributed by atoms with van der Waals surface area (Å²) in [6, 6.07) is 8.77. The first kappa shape index (κ1) is 13.5. The highest BCUT2D eigenvalue weighted by Gasteiger charge is 2.12. The van der Waals surface area contributed by atoms with E-state index in [0.29, 0.717) is 6.10 Å². The molecule has 16 heavy (non-hydrogen) atoms. The van der Waals surface area contributed by atoms with Crippen molar-refractivity contribution < 1.29 is 4.43 Å². The van der Waals surface area contributed by atoms with Crippen LogP contribution in [0.5, 0.6) is 0 Å². The van der Waals surface area contributed by atoms with Gasteiger partial charge in [0.2, 0.25) is 0 Å². The standard InChI is InChI=1S/C14H24OSi/c1-3-5-9-12-10-6-7-11-13(12)14(15-16)8-4-2/h6-7,10-11,14H,3-5,8-9H2,1-2,16H3. The van der Waals surface area contributed by atoms with Gasteiger partial charge >= 0.3 is 0 Å². The van der Waals surface area contributed by atoms with Gasteiger partial charge in [0.25, 0.3) is 0 Å². The van der Waals surface area contributed by atoms with Crippen LogP contribution in [-0.4, -0.2) is 10.5 Å². The van der Waals surface area contributed by atoms with Gasteiger partial charge in [0, 0.05) is 0 Å². The number of hydrogen-bond acceptors (Lipinski definition) is 1. The largest absolute Gasteiger partial charge is 0.421 e. The molecule has 1 aromatic carbocycles. The molecule has 0 aliphatic rings. The van der Waals surface area contributed by atoms with Crippen molar-refractivity contribution in [3.05, 3.63) is 35.4 Å². The molecule has 1 rings (SSSR count). The molecule has 2 heteroatoms. The first-order valence-corrected chi connectivity index (χ1v) is 7.25. The van der Waals surface area contributed by atoms with Crippen molar-refractivity contribution in [2.45, 2.75) is 52.1 Å². The third-order valence-electron chi connectivity index (χ3n) is 3.04. The van der Waals surface area contributed by atoms with Gasteiger partial charge in [-0.1, -0.05) is 51.0 Å². The molecule has 0 saturated heterocycles. The lowest BCUT2D eigenvalue weighted by Gasteiger charge is -2.19. The SMILES string of the molecule is CCCCc1ccccc1C(CCC)O[SiH3]. The smallest absolute Gasteiger partial charge is 0.146 e. The molecule has 90 valence electrons. The maximum Gasteiger partial charge on any atom is 0.146 e. The van der Waals surface area contributed by atoms with E-state index in [9.17, 15) is 0 Å². The first-order chi connectivity index (χ1) is 7.83. The molecule has 0 spiro atoms. The summed E-state index contributed by atoms with van der Waals surface area (Å²) in [6.07, 6.45) is 6.40. The van der Waals surface area contributed by atoms with Crippen LogP contribution in [0.25, 0.3) is 0 Å². The average Bonchev–Trinajstić information content (AvgIpc) is 2.34. The van der Waals surface area contributed by atoms with Crippen LogP contribution >= 0.6 is 0 Å². The molecule has 0 N–H and O–H groups in total. The summed E-state index contributed by atoms with van der Waals surface area (Å²) < 4.78 is 5.74. The van der Waals surface area contributed by atoms with E-state index in [-0.39, 0.29) is 0 Å². The van der Waals surface area contributed by atoms with Crippen LogP contribution in [0, 0.1) is 0 Å². The summed E-state index contributed by atoms with van der Waals surface area (Å²) >= 11 is 0. The summed E-state index contributed by atoms with van der Waals surface area (Å²) in [5.74, 6) is 0. The number of benzene rings is 1. The van der Waals surface area contributed by atoms with Crippen molar-refractivity contribution in [2.24, 2.45) is 0 Å². The normalized spacial score (nSPS) is 12.9. The fourth-order valence-electron chi connectivity index (χ4n) is 2.11. The number of hydrogen-bond donors (Lipinski definition) is 0. The average molecular weight is 236 g/mol. The predicted molar refractivity (Wildman–Crippen MR) is 73.7 cm³/mol. The van der Waals surface area contributed by atoms with Crippen molar-refractivity contribution in [1.29, 1.82) is 0 Å². The molecular weight excluding hydrogens is 212 g/mol. The van der Waals surface area contributed by atoms with Gasteiger partial charge in [0.05, 0.1) is 6.10 Å². The van der Waals surface area contributed by atoms with Gasteiger partial charge in [-0.3, -0.25) is 0 Å². The van der Waals surface area contributed by atoms with E-state index in [0.717, 1.165) is 16.9 Å². The molecular formula is C14H24OSi. The van der Waals surface area contributed by atoms with Crippen molar-refractivity contribution in [1.82, 2.24) is 0 Å². The zero-order valence-electron chi connectivity index (χ0n) is 10.8. The zero-order chi connectivity index (χ0) is 11.8. The van der Waals surface area contributed by atoms with Crippen molar-refractivity contribution >= 4 is 10.5 Å². The Morgan fingerprint density at radius 3 is 2.56 bits per heavy atom. The third kappa shape index (κ3) is 3.76. The van der Waals surface area contributed by atoms with Crippen molar-refractivity contribution in [3.8, 4) is 0 Å². The number of aryl methyl sites for hydroxylation is 1. The second-order valence-corrected chi connectivity index (χ2v) is 4.79. The van der Waals surface area contributed by atoms with Crippen LogP contribution in [-0.2, 0) is 10.8 Å². The molecule has 0 saturated carbocycles. The van der Waals surface area contributed by atoms with Crippen LogP contribution in [0.2, 0.25) is 0 Å². The molecule has 0 amide bonds. The minimum atomic E-state index is 0.338. The van der Waals surface area contributed by atoms with E-state index in [1.165, 1.54) is 36.8 Å². The van der Waals surface area contributed by atoms with Gasteiger partial charge < -0.3 is 4.43 Å². The van der Waals surface area contributed by atoms with Crippen LogP contribution < -0.4 is 0 Å². The Morgan fingerprint density at radius 1 is 1.19 bits per heavy atom. The number of unbranched alkanes of at least 4 members (excludes halogenated alkanes) is 1. The maximum absolute atomic E-state index is 5.74. The Morgan fingerprint density at radius 2 is 1.94 bits per heavy atom. The summed E-state index contributed by atoms with van der Waals surface area (Å²) in [7, 11) is 0.824. The first-order valence-electron chi connectivity index (χ1n) is 6.44. The topological polar surface area (TPSA) is 9.23 Å². The molecule has 1 aromatic rings. The van der Waals surface area contributed by atoms with Gasteiger partial charge in [-0.25, -0.2) is 0 Å². The van der Waals surface area contributed by atoms with Gasteiger partial charge in [-0.15, -0.1) is 0 Å². The molecule has 1 atom stereocenters. The van der Waals surface area contributed by atoms with Crippen molar-refractivity contribution in [3.63, 3.8) is 0 Å². The van der Waals surface area contributed by atoms with Gasteiger partial charge in [-0.2, -0.15) is 0 Å². The fraction of sp³-hybridized carbons (Fsp3) is 0.571. The molecule has 0 aromatic heterocycles. The summed E-state index contributed by atoms with van der Waals surface area (Å²) in [4.78, 5) is 0. The molecule has 1 nitrogen and oxygen atoms in total. The summed E-state index contributed by atoms with van der Waals surface area (Å²) in [5, 5.41) is 0. The molecule has 0 aliphatic heterocycles. The van der Waals surface area contributed by atoms with E-state index in [1.54, 1.807) is 0 Å². The predicted octanol–water partition coefficient (Wildman–Crippen LogP) is 3.17. The fourth-order valence-corrected chi connectivity index (χ4v) is 2.60. The molecule has 0 aliphatic carbocycles. The highest BCUT2D eigenvalue weighted by Crippen LogP contribution is 2.26. The van der Waals surface area contributed by atoms with E-state index in [2.05, 4.69) is 38.1 Å². The number of rotatable bonds is 7. The Bertz CT molecular complexity index is 299. The monoisotopic (exact) mass is 236 g/mol. The lowest BCUT2D eigenvalue weighted by Crippen LogP contribution is -2.05. The molecule has 0 radical (unpaired) electrons. The molecule has 0 fully saturated rings. The van der Waals surface area contributed by atoms with Gasteiger partial charge in [0.15, 0.2) is 0 Å². The van der Waals surface area contributed by atoms with Gasteiger partial charge in [-0.05, 0) is 30.4 Å². The lowest BCUT2D eigenvalue weighted by atomic mass is 9.96. The minimum Gasteiger partial charge on any atom is -0.421 e. The van der Waals surface area contributed by atoms with Crippen LogP contribution in [0.1, 0.15) is 56.8 Å². The Labute approximate surface area is 103 Å². The van der Waals surface area contributed by atoms with E-state index < -0.39 is 0 Å². The van der Waals surface area contributed by atoms with Crippen LogP contribution in [0.15, 0.2) is 24.3 Å². The van der Waals surface area contributed by atoms with E-state index >= 15 is 0 Å². The Kier molecular flexibility index (Phi) is 6.42. The zero-order valence-corrected chi connectivity index (χ0v) is 12.8. The second kappa shape index (κ2) is 7.63.